The molecule has 1 aromatic heterocycles. The van der Waals surface area contributed by atoms with Crippen molar-refractivity contribution in [3.63, 3.8) is 0 Å². The number of para-hydroxylation sites is 2. The maximum atomic E-state index is 12.7. The van der Waals surface area contributed by atoms with Gasteiger partial charge in [-0.3, -0.25) is 13.9 Å². The van der Waals surface area contributed by atoms with Crippen molar-refractivity contribution in [2.75, 3.05) is 7.05 Å². The van der Waals surface area contributed by atoms with Crippen LogP contribution in [0, 0.1) is 0 Å². The minimum absolute atomic E-state index is 0.135. The molecule has 5 nitrogen and oxygen atoms in total. The molecular formula is C20H20F3N3O2. The lowest BCUT2D eigenvalue weighted by molar-refractivity contribution is -0.137. The van der Waals surface area contributed by atoms with Crippen LogP contribution in [0.1, 0.15) is 18.1 Å². The number of hydrogen-bond acceptors (Lipinski definition) is 2. The lowest BCUT2D eigenvalue weighted by Crippen LogP contribution is -2.34. The van der Waals surface area contributed by atoms with E-state index in [-0.39, 0.29) is 24.7 Å². The number of hydrogen-bond donors (Lipinski definition) is 0. The number of halogens is 3. The number of aryl methyl sites for hydroxylation is 1. The normalized spacial score (nSPS) is 11.8. The maximum absolute atomic E-state index is 12.7. The van der Waals surface area contributed by atoms with Crippen LogP contribution in [0.3, 0.4) is 0 Å². The predicted molar refractivity (Wildman–Crippen MR) is 99.8 cm³/mol. The molecule has 28 heavy (non-hydrogen) atoms. The van der Waals surface area contributed by atoms with E-state index in [9.17, 15) is 22.8 Å². The van der Waals surface area contributed by atoms with Crippen LogP contribution in [0.25, 0.3) is 11.0 Å². The average Bonchev–Trinajstić information content (AvgIpc) is 2.92. The van der Waals surface area contributed by atoms with Crippen molar-refractivity contribution in [3.05, 3.63) is 70.1 Å². The summed E-state index contributed by atoms with van der Waals surface area (Å²) in [7, 11) is 1.56. The largest absolute Gasteiger partial charge is 0.416 e. The van der Waals surface area contributed by atoms with Gasteiger partial charge in [-0.1, -0.05) is 24.3 Å². The van der Waals surface area contributed by atoms with Gasteiger partial charge in [-0.25, -0.2) is 4.79 Å². The SMILES string of the molecule is CCn1c(=O)n(CC(=O)N(C)Cc2ccc(C(F)(F)F)cc2)c2ccccc21. The molecule has 2 aromatic carbocycles. The predicted octanol–water partition coefficient (Wildman–Crippen LogP) is 3.50. The fourth-order valence-corrected chi connectivity index (χ4v) is 3.15. The van der Waals surface area contributed by atoms with Crippen LogP contribution in [-0.4, -0.2) is 27.0 Å². The molecule has 1 heterocycles. The smallest absolute Gasteiger partial charge is 0.340 e. The van der Waals surface area contributed by atoms with E-state index < -0.39 is 11.7 Å². The van der Waals surface area contributed by atoms with E-state index in [4.69, 9.17) is 0 Å². The molecule has 8 heteroatoms. The van der Waals surface area contributed by atoms with Gasteiger partial charge in [0.1, 0.15) is 6.54 Å². The summed E-state index contributed by atoms with van der Waals surface area (Å²) in [4.78, 5) is 26.6. The monoisotopic (exact) mass is 391 g/mol. The molecule has 0 aliphatic heterocycles. The first kappa shape index (κ1) is 19.7. The number of fused-ring (bicyclic) bond motifs is 1. The molecule has 0 unspecified atom stereocenters. The summed E-state index contributed by atoms with van der Waals surface area (Å²) in [6.07, 6.45) is -4.39. The van der Waals surface area contributed by atoms with Gasteiger partial charge in [0.2, 0.25) is 5.91 Å². The molecule has 0 fully saturated rings. The highest BCUT2D eigenvalue weighted by molar-refractivity contribution is 5.80. The molecule has 0 aliphatic rings. The van der Waals surface area contributed by atoms with Gasteiger partial charge in [0.25, 0.3) is 0 Å². The minimum Gasteiger partial charge on any atom is -0.340 e. The molecule has 0 N–H and O–H groups in total. The second kappa shape index (κ2) is 7.53. The van der Waals surface area contributed by atoms with Crippen molar-refractivity contribution in [2.24, 2.45) is 0 Å². The molecule has 0 bridgehead atoms. The zero-order valence-corrected chi connectivity index (χ0v) is 15.5. The van der Waals surface area contributed by atoms with E-state index in [1.807, 2.05) is 19.1 Å². The second-order valence-electron chi connectivity index (χ2n) is 6.55. The Labute approximate surface area is 159 Å². The van der Waals surface area contributed by atoms with Gasteiger partial charge in [0, 0.05) is 20.1 Å². The molecular weight excluding hydrogens is 371 g/mol. The molecule has 3 aromatic rings. The Balaban J connectivity index is 1.77. The zero-order valence-electron chi connectivity index (χ0n) is 15.5. The van der Waals surface area contributed by atoms with Crippen LogP contribution < -0.4 is 5.69 Å². The Morgan fingerprint density at radius 2 is 1.57 bits per heavy atom. The number of amides is 1. The summed E-state index contributed by atoms with van der Waals surface area (Å²) in [5.41, 5.74) is 1.01. The van der Waals surface area contributed by atoms with Gasteiger partial charge >= 0.3 is 11.9 Å². The Morgan fingerprint density at radius 3 is 2.11 bits per heavy atom. The van der Waals surface area contributed by atoms with Gasteiger partial charge < -0.3 is 4.90 Å². The lowest BCUT2D eigenvalue weighted by Gasteiger charge is -2.18. The molecule has 0 saturated heterocycles. The number of alkyl halides is 3. The van der Waals surface area contributed by atoms with Gasteiger partial charge in [0.05, 0.1) is 16.6 Å². The molecule has 0 spiro atoms. The highest BCUT2D eigenvalue weighted by Gasteiger charge is 2.30. The number of aromatic nitrogens is 2. The highest BCUT2D eigenvalue weighted by Crippen LogP contribution is 2.29. The number of likely N-dealkylation sites (N-methyl/N-ethyl adjacent to an activating group) is 1. The molecule has 0 radical (unpaired) electrons. The molecule has 1 amide bonds. The first-order chi connectivity index (χ1) is 13.2. The topological polar surface area (TPSA) is 47.2 Å². The first-order valence-electron chi connectivity index (χ1n) is 8.80. The summed E-state index contributed by atoms with van der Waals surface area (Å²) < 4.78 is 41.0. The average molecular weight is 391 g/mol. The number of benzene rings is 2. The lowest BCUT2D eigenvalue weighted by atomic mass is 10.1. The standard InChI is InChI=1S/C20H20F3N3O2/c1-3-25-16-6-4-5-7-17(16)26(19(25)28)13-18(27)24(2)12-14-8-10-15(11-9-14)20(21,22)23/h4-11H,3,12-13H2,1-2H3. The minimum atomic E-state index is -4.39. The van der Waals surface area contributed by atoms with Gasteiger partial charge in [-0.05, 0) is 36.8 Å². The molecule has 3 rings (SSSR count). The summed E-state index contributed by atoms with van der Waals surface area (Å²) in [6, 6.07) is 11.9. The Hall–Kier alpha value is -3.03. The summed E-state index contributed by atoms with van der Waals surface area (Å²) >= 11 is 0. The fourth-order valence-electron chi connectivity index (χ4n) is 3.15. The van der Waals surface area contributed by atoms with Crippen LogP contribution in [0.4, 0.5) is 13.2 Å². The van der Waals surface area contributed by atoms with E-state index in [0.29, 0.717) is 17.6 Å². The number of imidazole rings is 1. The van der Waals surface area contributed by atoms with Crippen LogP contribution in [0.2, 0.25) is 0 Å². The molecule has 0 saturated carbocycles. The Morgan fingerprint density at radius 1 is 1.00 bits per heavy atom. The summed E-state index contributed by atoms with van der Waals surface area (Å²) in [6.45, 7) is 2.36. The van der Waals surface area contributed by atoms with Crippen LogP contribution in [0.15, 0.2) is 53.3 Å². The molecule has 0 atom stereocenters. The molecule has 0 aliphatic carbocycles. The van der Waals surface area contributed by atoms with E-state index in [0.717, 1.165) is 17.6 Å². The first-order valence-corrected chi connectivity index (χ1v) is 8.80. The van der Waals surface area contributed by atoms with Crippen molar-refractivity contribution in [1.82, 2.24) is 14.0 Å². The van der Waals surface area contributed by atoms with Crippen molar-refractivity contribution < 1.29 is 18.0 Å². The molecule has 148 valence electrons. The van der Waals surface area contributed by atoms with Crippen LogP contribution >= 0.6 is 0 Å². The summed E-state index contributed by atoms with van der Waals surface area (Å²) in [5, 5.41) is 0. The quantitative estimate of drug-likeness (QED) is 0.668. The summed E-state index contributed by atoms with van der Waals surface area (Å²) in [5.74, 6) is -0.305. The van der Waals surface area contributed by atoms with Crippen molar-refractivity contribution in [2.45, 2.75) is 32.7 Å². The van der Waals surface area contributed by atoms with E-state index in [2.05, 4.69) is 0 Å². The third-order valence-corrected chi connectivity index (χ3v) is 4.66. The third kappa shape index (κ3) is 3.81. The van der Waals surface area contributed by atoms with E-state index >= 15 is 0 Å². The van der Waals surface area contributed by atoms with Crippen LogP contribution in [0.5, 0.6) is 0 Å². The van der Waals surface area contributed by atoms with E-state index in [1.54, 1.807) is 23.7 Å². The van der Waals surface area contributed by atoms with Gasteiger partial charge in [-0.2, -0.15) is 13.2 Å². The van der Waals surface area contributed by atoms with E-state index in [1.165, 1.54) is 21.6 Å². The highest BCUT2D eigenvalue weighted by atomic mass is 19.4. The Bertz CT molecular complexity index is 1050. The van der Waals surface area contributed by atoms with Gasteiger partial charge in [-0.15, -0.1) is 0 Å². The number of carbonyl (C=O) groups is 1. The fraction of sp³-hybridized carbons (Fsp3) is 0.300. The number of carbonyl (C=O) groups excluding carboxylic acids is 1. The van der Waals surface area contributed by atoms with Crippen molar-refractivity contribution in [1.29, 1.82) is 0 Å². The van der Waals surface area contributed by atoms with Crippen molar-refractivity contribution in [3.8, 4) is 0 Å². The maximum Gasteiger partial charge on any atom is 0.416 e. The van der Waals surface area contributed by atoms with Gasteiger partial charge in [0.15, 0.2) is 0 Å². The van der Waals surface area contributed by atoms with Crippen LogP contribution in [-0.2, 0) is 30.6 Å². The van der Waals surface area contributed by atoms with Crippen molar-refractivity contribution >= 4 is 16.9 Å². The number of rotatable bonds is 5. The zero-order chi connectivity index (χ0) is 20.5. The number of nitrogens with zero attached hydrogens (tertiary/aromatic N) is 3. The second-order valence-corrected chi connectivity index (χ2v) is 6.55. The Kier molecular flexibility index (Phi) is 5.31. The third-order valence-electron chi connectivity index (χ3n) is 4.66.